The lowest BCUT2D eigenvalue weighted by Crippen LogP contribution is -2.48. The summed E-state index contributed by atoms with van der Waals surface area (Å²) in [6, 6.07) is 5.51. The summed E-state index contributed by atoms with van der Waals surface area (Å²) in [6.07, 6.45) is 10.3. The molecule has 0 N–H and O–H groups in total. The molecule has 3 unspecified atom stereocenters. The van der Waals surface area contributed by atoms with Gasteiger partial charge in [-0.15, -0.1) is 0 Å². The van der Waals surface area contributed by atoms with Crippen molar-refractivity contribution in [3.8, 4) is 5.75 Å². The molecule has 0 spiro atoms. The van der Waals surface area contributed by atoms with E-state index in [0.29, 0.717) is 0 Å². The van der Waals surface area contributed by atoms with Crippen LogP contribution in [0.5, 0.6) is 5.75 Å². The lowest BCUT2D eigenvalue weighted by Gasteiger charge is -2.44. The predicted molar refractivity (Wildman–Crippen MR) is 101 cm³/mol. The van der Waals surface area contributed by atoms with Crippen LogP contribution in [0.2, 0.25) is 0 Å². The van der Waals surface area contributed by atoms with Gasteiger partial charge in [0.15, 0.2) is 0 Å². The van der Waals surface area contributed by atoms with Gasteiger partial charge in [-0.25, -0.2) is 4.39 Å². The lowest BCUT2D eigenvalue weighted by molar-refractivity contribution is -0.0723. The fourth-order valence-electron chi connectivity index (χ4n) is 5.79. The van der Waals surface area contributed by atoms with Gasteiger partial charge in [0.2, 0.25) is 0 Å². The Balaban J connectivity index is 1.48. The maximum Gasteiger partial charge on any atom is 0.125 e. The number of ether oxygens (including phenoxy) is 2. The highest BCUT2D eigenvalue weighted by Gasteiger charge is 2.41. The number of hydrogen-bond acceptors (Lipinski definition) is 3. The van der Waals surface area contributed by atoms with Crippen molar-refractivity contribution in [2.45, 2.75) is 63.0 Å². The van der Waals surface area contributed by atoms with E-state index in [1.807, 2.05) is 0 Å². The molecule has 3 nitrogen and oxygen atoms in total. The number of piperidine rings is 1. The summed E-state index contributed by atoms with van der Waals surface area (Å²) in [4.78, 5) is 2.68. The van der Waals surface area contributed by atoms with Gasteiger partial charge in [-0.2, -0.15) is 0 Å². The van der Waals surface area contributed by atoms with Gasteiger partial charge in [-0.1, -0.05) is 12.8 Å². The number of likely N-dealkylation sites (tertiary alicyclic amines) is 1. The van der Waals surface area contributed by atoms with Gasteiger partial charge in [-0.05, 0) is 68.6 Å². The Morgan fingerprint density at radius 3 is 2.46 bits per heavy atom. The molecule has 2 aliphatic carbocycles. The van der Waals surface area contributed by atoms with E-state index in [-0.39, 0.29) is 5.82 Å². The molecule has 1 heterocycles. The van der Waals surface area contributed by atoms with E-state index < -0.39 is 5.60 Å². The second kappa shape index (κ2) is 7.47. The van der Waals surface area contributed by atoms with E-state index >= 15 is 0 Å². The van der Waals surface area contributed by atoms with Crippen molar-refractivity contribution in [3.63, 3.8) is 0 Å². The fourth-order valence-corrected chi connectivity index (χ4v) is 5.79. The lowest BCUT2D eigenvalue weighted by atomic mass is 9.82. The molecular formula is C22H32FNO2. The highest BCUT2D eigenvalue weighted by Crippen LogP contribution is 2.45. The summed E-state index contributed by atoms with van der Waals surface area (Å²) in [6.45, 7) is 2.05. The van der Waals surface area contributed by atoms with Crippen LogP contribution < -0.4 is 4.74 Å². The number of rotatable bonds is 4. The molecule has 4 rings (SSSR count). The molecule has 1 aromatic rings. The molecular weight excluding hydrogens is 329 g/mol. The molecule has 1 saturated heterocycles. The van der Waals surface area contributed by atoms with Gasteiger partial charge in [0, 0.05) is 31.8 Å². The summed E-state index contributed by atoms with van der Waals surface area (Å²) in [5, 5.41) is 0. The maximum absolute atomic E-state index is 13.9. The Labute approximate surface area is 156 Å². The van der Waals surface area contributed by atoms with Crippen molar-refractivity contribution >= 4 is 0 Å². The second-order valence-corrected chi connectivity index (χ2v) is 8.59. The first-order valence-corrected chi connectivity index (χ1v) is 10.3. The van der Waals surface area contributed by atoms with Crippen molar-refractivity contribution in [2.24, 2.45) is 11.8 Å². The average molecular weight is 362 g/mol. The van der Waals surface area contributed by atoms with Crippen molar-refractivity contribution < 1.29 is 13.9 Å². The number of methoxy groups -OCH3 is 2. The Bertz CT molecular complexity index is 627. The molecule has 0 aromatic heterocycles. The SMILES string of the molecule is COc1ccc(F)cc1C1(OC)CCN(C2CCC3CCC(C3)C2)CC1. The second-order valence-electron chi connectivity index (χ2n) is 8.59. The summed E-state index contributed by atoms with van der Waals surface area (Å²) in [5.41, 5.74) is 0.426. The van der Waals surface area contributed by atoms with Crippen LogP contribution in [0, 0.1) is 17.7 Å². The van der Waals surface area contributed by atoms with Crippen LogP contribution in [0.15, 0.2) is 18.2 Å². The van der Waals surface area contributed by atoms with E-state index in [1.165, 1.54) is 44.6 Å². The van der Waals surface area contributed by atoms with E-state index in [1.54, 1.807) is 26.4 Å². The van der Waals surface area contributed by atoms with Gasteiger partial charge in [0.25, 0.3) is 0 Å². The Hall–Kier alpha value is -1.13. The van der Waals surface area contributed by atoms with E-state index in [4.69, 9.17) is 9.47 Å². The van der Waals surface area contributed by atoms with Crippen molar-refractivity contribution in [1.29, 1.82) is 0 Å². The number of hydrogen-bond donors (Lipinski definition) is 0. The van der Waals surface area contributed by atoms with Gasteiger partial charge in [0.05, 0.1) is 12.7 Å². The molecule has 3 atom stereocenters. The predicted octanol–water partition coefficient (Wildman–Crippen LogP) is 4.74. The summed E-state index contributed by atoms with van der Waals surface area (Å²) < 4.78 is 25.4. The van der Waals surface area contributed by atoms with Crippen LogP contribution >= 0.6 is 0 Å². The van der Waals surface area contributed by atoms with Crippen LogP contribution in [0.25, 0.3) is 0 Å². The van der Waals surface area contributed by atoms with Crippen LogP contribution in [0.1, 0.15) is 56.9 Å². The van der Waals surface area contributed by atoms with E-state index in [9.17, 15) is 4.39 Å². The third-order valence-corrected chi connectivity index (χ3v) is 7.33. The molecule has 0 amide bonds. The van der Waals surface area contributed by atoms with E-state index in [0.717, 1.165) is 55.1 Å². The third-order valence-electron chi connectivity index (χ3n) is 7.33. The van der Waals surface area contributed by atoms with Gasteiger partial charge in [0.1, 0.15) is 11.6 Å². The van der Waals surface area contributed by atoms with Crippen molar-refractivity contribution in [1.82, 2.24) is 4.90 Å². The number of nitrogens with zero attached hydrogens (tertiary/aromatic N) is 1. The molecule has 3 fully saturated rings. The fraction of sp³-hybridized carbons (Fsp3) is 0.727. The molecule has 1 aromatic carbocycles. The average Bonchev–Trinajstić information content (AvgIpc) is 3.01. The van der Waals surface area contributed by atoms with Gasteiger partial charge >= 0.3 is 0 Å². The van der Waals surface area contributed by atoms with Crippen LogP contribution in [0.3, 0.4) is 0 Å². The van der Waals surface area contributed by atoms with Crippen molar-refractivity contribution in [3.05, 3.63) is 29.6 Å². The highest BCUT2D eigenvalue weighted by molar-refractivity contribution is 5.39. The molecule has 0 radical (unpaired) electrons. The molecule has 4 heteroatoms. The minimum absolute atomic E-state index is 0.223. The standard InChI is InChI=1S/C22H32FNO2/c1-25-21-8-6-18(23)15-20(21)22(26-2)9-11-24(12-10-22)19-7-5-16-3-4-17(13-16)14-19/h6,8,15-17,19H,3-5,7,9-14H2,1-2H3. The maximum atomic E-state index is 13.9. The van der Waals surface area contributed by atoms with Gasteiger partial charge in [-0.3, -0.25) is 0 Å². The Morgan fingerprint density at radius 2 is 1.73 bits per heavy atom. The van der Waals surface area contributed by atoms with Crippen LogP contribution in [-0.2, 0) is 10.3 Å². The molecule has 2 bridgehead atoms. The van der Waals surface area contributed by atoms with Crippen LogP contribution in [-0.4, -0.2) is 38.3 Å². The topological polar surface area (TPSA) is 21.7 Å². The first-order valence-electron chi connectivity index (χ1n) is 10.3. The first kappa shape index (κ1) is 18.2. The molecule has 3 aliphatic rings. The first-order chi connectivity index (χ1) is 12.6. The van der Waals surface area contributed by atoms with Gasteiger partial charge < -0.3 is 14.4 Å². The largest absolute Gasteiger partial charge is 0.496 e. The zero-order valence-electron chi connectivity index (χ0n) is 16.2. The summed E-state index contributed by atoms with van der Waals surface area (Å²) in [7, 11) is 3.40. The Kier molecular flexibility index (Phi) is 5.24. The zero-order valence-corrected chi connectivity index (χ0v) is 16.2. The Morgan fingerprint density at radius 1 is 1.00 bits per heavy atom. The van der Waals surface area contributed by atoms with E-state index in [2.05, 4.69) is 4.90 Å². The normalized spacial score (nSPS) is 31.6. The molecule has 2 saturated carbocycles. The third kappa shape index (κ3) is 3.38. The zero-order chi connectivity index (χ0) is 18.1. The number of fused-ring (bicyclic) bond motifs is 2. The monoisotopic (exact) mass is 361 g/mol. The summed E-state index contributed by atoms with van der Waals surface area (Å²) >= 11 is 0. The van der Waals surface area contributed by atoms with Crippen LogP contribution in [0.4, 0.5) is 4.39 Å². The number of halogens is 1. The minimum Gasteiger partial charge on any atom is -0.496 e. The number of benzene rings is 1. The smallest absolute Gasteiger partial charge is 0.125 e. The molecule has 26 heavy (non-hydrogen) atoms. The summed E-state index contributed by atoms with van der Waals surface area (Å²) in [5.74, 6) is 2.45. The minimum atomic E-state index is -0.437. The highest BCUT2D eigenvalue weighted by atomic mass is 19.1. The quantitative estimate of drug-likeness (QED) is 0.773. The molecule has 1 aliphatic heterocycles. The molecule has 144 valence electrons. The van der Waals surface area contributed by atoms with Crippen molar-refractivity contribution in [2.75, 3.05) is 27.3 Å².